The number of rotatable bonds is 6. The van der Waals surface area contributed by atoms with Crippen LogP contribution >= 0.6 is 0 Å². The molecule has 0 atom stereocenters. The summed E-state index contributed by atoms with van der Waals surface area (Å²) in [5.74, 6) is 0. The maximum absolute atomic E-state index is 12.3. The molecule has 20 heavy (non-hydrogen) atoms. The highest BCUT2D eigenvalue weighted by atomic mass is 32.2. The van der Waals surface area contributed by atoms with Crippen molar-refractivity contribution >= 4 is 20.9 Å². The van der Waals surface area contributed by atoms with Crippen LogP contribution in [0.1, 0.15) is 24.8 Å². The highest BCUT2D eigenvalue weighted by Crippen LogP contribution is 2.21. The van der Waals surface area contributed by atoms with Crippen LogP contribution in [0.15, 0.2) is 24.4 Å². The fraction of sp³-hybridized carbons (Fsp3) is 0.429. The summed E-state index contributed by atoms with van der Waals surface area (Å²) in [4.78, 5) is 3.63. The lowest BCUT2D eigenvalue weighted by Gasteiger charge is -2.08. The van der Waals surface area contributed by atoms with E-state index in [9.17, 15) is 8.42 Å². The molecule has 0 aliphatic heterocycles. The normalized spacial score (nSPS) is 22.5. The van der Waals surface area contributed by atoms with Crippen LogP contribution in [0.25, 0.3) is 10.9 Å². The van der Waals surface area contributed by atoms with Gasteiger partial charge in [0.25, 0.3) is 0 Å². The van der Waals surface area contributed by atoms with Gasteiger partial charge in [0.2, 0.25) is 10.0 Å². The Morgan fingerprint density at radius 3 is 3.10 bits per heavy atom. The minimum atomic E-state index is -4.97. The molecular weight excluding hydrogens is 274 g/mol. The lowest BCUT2D eigenvalue weighted by molar-refractivity contribution is 0.414. The Kier molecular flexibility index (Phi) is 1.96. The Hall–Kier alpha value is -1.37. The zero-order chi connectivity index (χ0) is 23.3. The first-order valence-electron chi connectivity index (χ1n) is 10.6. The lowest BCUT2D eigenvalue weighted by Crippen LogP contribution is -2.20. The van der Waals surface area contributed by atoms with Gasteiger partial charge in [-0.3, -0.25) is 0 Å². The molecule has 0 spiro atoms. The van der Waals surface area contributed by atoms with E-state index in [1.165, 1.54) is 24.0 Å². The predicted molar refractivity (Wildman–Crippen MR) is 82.2 cm³/mol. The molecule has 0 radical (unpaired) electrons. The molecule has 1 aromatic carbocycles. The molecule has 0 fully saturated rings. The van der Waals surface area contributed by atoms with Gasteiger partial charge in [-0.2, -0.15) is 0 Å². The number of hydrogen-bond donors (Lipinski definition) is 2. The number of likely N-dealkylation sites (N-methyl/N-ethyl adjacent to an activating group) is 1. The average molecular weight is 305 g/mol. The fourth-order valence-electron chi connectivity index (χ4n) is 1.71. The standard InChI is InChI=1S/C14H21N3O2S/c1-15-20(18,19)10-11-4-5-14-13(8-11)12(9-16-14)6-7-17(2)3/h4-5,8-9,15-16H,6-7,10H2,1-3H3/i1D3,2D3,6D2,10D2. The summed E-state index contributed by atoms with van der Waals surface area (Å²) in [6.45, 7) is -6.17. The summed E-state index contributed by atoms with van der Waals surface area (Å²) in [6, 6.07) is 3.58. The van der Waals surface area contributed by atoms with Crippen molar-refractivity contribution in [2.75, 3.05) is 27.5 Å². The van der Waals surface area contributed by atoms with Gasteiger partial charge in [0, 0.05) is 37.4 Å². The van der Waals surface area contributed by atoms with Crippen LogP contribution in [-0.4, -0.2) is 45.8 Å². The molecule has 0 amide bonds. The lowest BCUT2D eigenvalue weighted by atomic mass is 10.1. The van der Waals surface area contributed by atoms with Crippen LogP contribution in [0.3, 0.4) is 0 Å². The van der Waals surface area contributed by atoms with Gasteiger partial charge >= 0.3 is 0 Å². The summed E-state index contributed by atoms with van der Waals surface area (Å²) in [6.07, 6.45) is -0.880. The van der Waals surface area contributed by atoms with E-state index in [1.54, 1.807) is 0 Å². The van der Waals surface area contributed by atoms with E-state index in [1.807, 2.05) is 0 Å². The van der Waals surface area contributed by atoms with Gasteiger partial charge in [0.05, 0.1) is 5.70 Å². The number of aromatic amines is 1. The zero-order valence-corrected chi connectivity index (χ0v) is 11.5. The second-order valence-corrected chi connectivity index (χ2v) is 5.62. The Morgan fingerprint density at radius 2 is 2.35 bits per heavy atom. The molecule has 2 aromatic rings. The Labute approximate surface area is 134 Å². The molecule has 0 saturated heterocycles. The van der Waals surface area contributed by atoms with Gasteiger partial charge in [-0.25, -0.2) is 13.1 Å². The number of fused-ring (bicyclic) bond motifs is 1. The van der Waals surface area contributed by atoms with Crippen LogP contribution in [0.5, 0.6) is 0 Å². The van der Waals surface area contributed by atoms with Gasteiger partial charge < -0.3 is 9.88 Å². The van der Waals surface area contributed by atoms with E-state index in [4.69, 9.17) is 13.7 Å². The number of benzene rings is 1. The maximum Gasteiger partial charge on any atom is 0.215 e. The summed E-state index contributed by atoms with van der Waals surface area (Å²) in [5.41, 5.74) is -3.17. The third-order valence-corrected chi connectivity index (χ3v) is 3.35. The molecule has 6 heteroatoms. The van der Waals surface area contributed by atoms with Crippen LogP contribution in [0.4, 0.5) is 0 Å². The second-order valence-electron chi connectivity index (χ2n) is 4.20. The van der Waals surface area contributed by atoms with Crippen molar-refractivity contribution in [1.29, 1.82) is 0 Å². The fourth-order valence-corrected chi connectivity index (χ4v) is 2.20. The Morgan fingerprint density at radius 1 is 1.50 bits per heavy atom. The quantitative estimate of drug-likeness (QED) is 0.846. The molecule has 0 aliphatic carbocycles. The minimum Gasteiger partial charge on any atom is -0.361 e. The van der Waals surface area contributed by atoms with Gasteiger partial charge in [-0.1, -0.05) is 6.07 Å². The molecular formula is C14H21N3O2S. The van der Waals surface area contributed by atoms with Crippen molar-refractivity contribution < 1.29 is 22.1 Å². The third kappa shape index (κ3) is 3.59. The van der Waals surface area contributed by atoms with Crippen LogP contribution in [-0.2, 0) is 22.1 Å². The monoisotopic (exact) mass is 305 g/mol. The first-order valence-corrected chi connectivity index (χ1v) is 7.13. The SMILES string of the molecule is [2H]C([2H])([2H])NS(=O)(=O)C([2H])([2H])c1ccc2[nH]cc(C([2H])([2H])CN(C)C([2H])([2H])[2H])c2c1. The first kappa shape index (κ1) is 6.60. The highest BCUT2D eigenvalue weighted by molar-refractivity contribution is 7.88. The Bertz CT molecular complexity index is 1030. The molecule has 2 N–H and O–H groups in total. The van der Waals surface area contributed by atoms with Gasteiger partial charge in [0.1, 0.15) is 0 Å². The first-order chi connectivity index (χ1) is 13.3. The number of nitrogens with zero attached hydrogens (tertiary/aromatic N) is 1. The molecule has 0 aliphatic rings. The molecule has 110 valence electrons. The molecule has 2 rings (SSSR count). The summed E-state index contributed by atoms with van der Waals surface area (Å²) >= 11 is 0. The molecule has 0 unspecified atom stereocenters. The summed E-state index contributed by atoms with van der Waals surface area (Å²) in [7, 11) is -3.74. The molecule has 0 bridgehead atoms. The van der Waals surface area contributed by atoms with Gasteiger partial charge in [0.15, 0.2) is 0 Å². The maximum atomic E-state index is 12.3. The van der Waals surface area contributed by atoms with E-state index in [0.29, 0.717) is 5.52 Å². The van der Waals surface area contributed by atoms with E-state index >= 15 is 0 Å². The number of H-pyrrole nitrogens is 1. The van der Waals surface area contributed by atoms with Crippen LogP contribution in [0, 0.1) is 0 Å². The van der Waals surface area contributed by atoms with Crippen molar-refractivity contribution in [1.82, 2.24) is 14.6 Å². The number of hydrogen-bond acceptors (Lipinski definition) is 3. The average Bonchev–Trinajstić information content (AvgIpc) is 2.94. The molecule has 0 saturated carbocycles. The number of nitrogens with one attached hydrogen (secondary N) is 2. The number of aromatic nitrogens is 1. The van der Waals surface area contributed by atoms with Crippen LogP contribution < -0.4 is 4.72 Å². The number of sulfonamides is 1. The van der Waals surface area contributed by atoms with Crippen LogP contribution in [0.2, 0.25) is 0 Å². The topological polar surface area (TPSA) is 65.2 Å². The van der Waals surface area contributed by atoms with Crippen molar-refractivity contribution in [3.05, 3.63) is 35.5 Å². The van der Waals surface area contributed by atoms with E-state index in [-0.39, 0.29) is 10.9 Å². The third-order valence-electron chi connectivity index (χ3n) is 2.58. The predicted octanol–water partition coefficient (Wildman–Crippen LogP) is 1.32. The van der Waals surface area contributed by atoms with Crippen molar-refractivity contribution in [2.45, 2.75) is 12.1 Å². The van der Waals surface area contributed by atoms with Crippen molar-refractivity contribution in [3.8, 4) is 0 Å². The van der Waals surface area contributed by atoms with E-state index < -0.39 is 48.2 Å². The van der Waals surface area contributed by atoms with E-state index in [2.05, 4.69) is 4.98 Å². The second kappa shape index (κ2) is 5.95. The van der Waals surface area contributed by atoms with Crippen molar-refractivity contribution in [3.63, 3.8) is 0 Å². The van der Waals surface area contributed by atoms with Gasteiger partial charge in [-0.05, 0) is 50.6 Å². The highest BCUT2D eigenvalue weighted by Gasteiger charge is 2.11. The molecule has 1 heterocycles. The smallest absolute Gasteiger partial charge is 0.215 e. The largest absolute Gasteiger partial charge is 0.361 e. The molecule has 1 aromatic heterocycles. The Balaban J connectivity index is 2.53. The van der Waals surface area contributed by atoms with Gasteiger partial charge in [-0.15, -0.1) is 0 Å². The summed E-state index contributed by atoms with van der Waals surface area (Å²) < 4.78 is 102. The summed E-state index contributed by atoms with van der Waals surface area (Å²) in [5, 5.41) is 0.143. The molecule has 5 nitrogen and oxygen atoms in total. The van der Waals surface area contributed by atoms with E-state index in [0.717, 1.165) is 17.0 Å². The minimum absolute atomic E-state index is 0.00688. The van der Waals surface area contributed by atoms with Crippen molar-refractivity contribution in [2.24, 2.45) is 0 Å². The zero-order valence-electron chi connectivity index (χ0n) is 20.7.